The van der Waals surface area contributed by atoms with Gasteiger partial charge in [0, 0.05) is 17.6 Å². The Morgan fingerprint density at radius 1 is 1.38 bits per heavy atom. The summed E-state index contributed by atoms with van der Waals surface area (Å²) in [6.07, 6.45) is 7.68. The first-order chi connectivity index (χ1) is 12.5. The zero-order valence-electron chi connectivity index (χ0n) is 14.4. The topological polar surface area (TPSA) is 77.9 Å². The number of carbonyl (C=O) groups is 1. The second kappa shape index (κ2) is 7.53. The van der Waals surface area contributed by atoms with Crippen LogP contribution in [0.1, 0.15) is 22.3 Å². The number of ether oxygens (including phenoxy) is 1. The fraction of sp³-hybridized carbons (Fsp3) is 0.263. The smallest absolute Gasteiger partial charge is 0.336 e. The lowest BCUT2D eigenvalue weighted by molar-refractivity contribution is -0.179. The Morgan fingerprint density at radius 2 is 2.19 bits per heavy atom. The fourth-order valence-electron chi connectivity index (χ4n) is 3.02. The molecule has 0 bridgehead atoms. The van der Waals surface area contributed by atoms with Crippen LogP contribution in [0.15, 0.2) is 42.4 Å². The van der Waals surface area contributed by atoms with Gasteiger partial charge < -0.3 is 14.7 Å². The second-order valence-electron chi connectivity index (χ2n) is 5.90. The number of allylic oxidation sites excluding steroid dienone is 4. The van der Waals surface area contributed by atoms with Crippen LogP contribution in [0.3, 0.4) is 0 Å². The van der Waals surface area contributed by atoms with Crippen molar-refractivity contribution in [1.29, 1.82) is 0 Å². The van der Waals surface area contributed by atoms with Crippen LogP contribution in [0.4, 0.5) is 4.39 Å². The van der Waals surface area contributed by atoms with E-state index in [-0.39, 0.29) is 23.1 Å². The van der Waals surface area contributed by atoms with Crippen molar-refractivity contribution in [2.45, 2.75) is 12.8 Å². The minimum atomic E-state index is -1.11. The van der Waals surface area contributed by atoms with Gasteiger partial charge in [0.15, 0.2) is 5.75 Å². The molecule has 1 aliphatic rings. The molecule has 1 unspecified atom stereocenters. The van der Waals surface area contributed by atoms with Crippen LogP contribution in [0.2, 0.25) is 0 Å². The summed E-state index contributed by atoms with van der Waals surface area (Å²) >= 11 is 0. The molecule has 1 aliphatic carbocycles. The van der Waals surface area contributed by atoms with E-state index in [1.54, 1.807) is 18.3 Å². The van der Waals surface area contributed by atoms with E-state index in [2.05, 4.69) is 9.87 Å². The van der Waals surface area contributed by atoms with Crippen LogP contribution in [-0.4, -0.2) is 30.3 Å². The van der Waals surface area contributed by atoms with Crippen LogP contribution < -0.4 is 9.62 Å². The van der Waals surface area contributed by atoms with Crippen molar-refractivity contribution in [2.24, 2.45) is 5.92 Å². The number of carboxylic acid groups (broad SMARTS) is 1. The quantitative estimate of drug-likeness (QED) is 0.623. The Bertz CT molecular complexity index is 906. The predicted octanol–water partition coefficient (Wildman–Crippen LogP) is 3.85. The number of nitrogens with zero attached hydrogens (tertiary/aromatic N) is 1. The van der Waals surface area contributed by atoms with Gasteiger partial charge in [0.25, 0.3) is 0 Å². The molecule has 0 spiro atoms. The highest BCUT2D eigenvalue weighted by atomic mass is 19.1. The van der Waals surface area contributed by atoms with Gasteiger partial charge in [0.1, 0.15) is 11.3 Å². The van der Waals surface area contributed by atoms with Crippen molar-refractivity contribution in [3.8, 4) is 11.5 Å². The molecular weight excluding hydrogens is 341 g/mol. The molecule has 6 nitrogen and oxygen atoms in total. The largest absolute Gasteiger partial charge is 0.491 e. The van der Waals surface area contributed by atoms with Crippen LogP contribution in [0.25, 0.3) is 10.9 Å². The maximum atomic E-state index is 13.1. The van der Waals surface area contributed by atoms with Crippen LogP contribution in [-0.2, 0) is 11.3 Å². The highest BCUT2D eigenvalue weighted by molar-refractivity contribution is 6.05. The average molecular weight is 359 g/mol. The number of aromatic nitrogens is 1. The first-order valence-corrected chi connectivity index (χ1v) is 8.01. The summed E-state index contributed by atoms with van der Waals surface area (Å²) < 4.78 is 18.4. The molecular formula is C19H18FNO5. The summed E-state index contributed by atoms with van der Waals surface area (Å²) in [6.45, 7) is 0. The van der Waals surface area contributed by atoms with Gasteiger partial charge in [0.2, 0.25) is 5.75 Å². The lowest BCUT2D eigenvalue weighted by Gasteiger charge is -2.16. The Morgan fingerprint density at radius 3 is 2.81 bits per heavy atom. The molecule has 7 heteroatoms. The minimum Gasteiger partial charge on any atom is -0.491 e. The van der Waals surface area contributed by atoms with E-state index >= 15 is 0 Å². The average Bonchev–Trinajstić information content (AvgIpc) is 2.63. The van der Waals surface area contributed by atoms with Gasteiger partial charge in [-0.15, -0.1) is 0 Å². The lowest BCUT2D eigenvalue weighted by atomic mass is 9.92. The number of carboxylic acids is 1. The molecule has 0 radical (unpaired) electrons. The molecule has 0 saturated carbocycles. The van der Waals surface area contributed by atoms with Crippen LogP contribution in [0, 0.1) is 5.92 Å². The Kier molecular flexibility index (Phi) is 5.18. The lowest BCUT2D eigenvalue weighted by Crippen LogP contribution is -2.06. The van der Waals surface area contributed by atoms with Gasteiger partial charge >= 0.3 is 5.97 Å². The highest BCUT2D eigenvalue weighted by Crippen LogP contribution is 2.37. The molecule has 1 N–H and O–H groups in total. The molecule has 1 aromatic heterocycles. The first-order valence-electron chi connectivity index (χ1n) is 8.01. The van der Waals surface area contributed by atoms with E-state index in [1.807, 2.05) is 6.08 Å². The van der Waals surface area contributed by atoms with Gasteiger partial charge in [-0.3, -0.25) is 4.98 Å². The number of rotatable bonds is 6. The number of fused-ring (bicyclic) bond motifs is 1. The summed E-state index contributed by atoms with van der Waals surface area (Å²) in [5.41, 5.74) is 1.26. The van der Waals surface area contributed by atoms with Gasteiger partial charge in [-0.05, 0) is 42.5 Å². The van der Waals surface area contributed by atoms with E-state index in [4.69, 9.17) is 9.62 Å². The molecule has 1 heterocycles. The standard InChI is InChI=1S/C19H18FNO5/c1-24-18-16(26-25-2)9-15(19(22)23)14-8-12(10-21-17(14)18)7-11-3-5-13(20)6-4-11/h3,5-6,8-11H,4,7H2,1-2H3,(H,22,23). The van der Waals surface area contributed by atoms with Gasteiger partial charge in [-0.1, -0.05) is 6.08 Å². The zero-order valence-corrected chi connectivity index (χ0v) is 14.4. The van der Waals surface area contributed by atoms with Gasteiger partial charge in [0.05, 0.1) is 19.8 Å². The van der Waals surface area contributed by atoms with E-state index in [1.165, 1.54) is 26.4 Å². The molecule has 1 atom stereocenters. The maximum absolute atomic E-state index is 13.1. The normalized spacial score (nSPS) is 16.4. The molecule has 26 heavy (non-hydrogen) atoms. The van der Waals surface area contributed by atoms with Crippen LogP contribution >= 0.6 is 0 Å². The van der Waals surface area contributed by atoms with Crippen molar-refractivity contribution >= 4 is 16.9 Å². The summed E-state index contributed by atoms with van der Waals surface area (Å²) in [5, 5.41) is 10.00. The van der Waals surface area contributed by atoms with E-state index in [9.17, 15) is 14.3 Å². The molecule has 0 amide bonds. The summed E-state index contributed by atoms with van der Waals surface area (Å²) in [7, 11) is 2.76. The third-order valence-electron chi connectivity index (χ3n) is 4.20. The first kappa shape index (κ1) is 17.9. The molecule has 3 rings (SSSR count). The third kappa shape index (κ3) is 3.52. The zero-order chi connectivity index (χ0) is 18.7. The van der Waals surface area contributed by atoms with Crippen molar-refractivity contribution in [3.05, 3.63) is 53.5 Å². The number of pyridine rings is 1. The van der Waals surface area contributed by atoms with Gasteiger partial charge in [-0.25, -0.2) is 9.18 Å². The molecule has 0 fully saturated rings. The summed E-state index contributed by atoms with van der Waals surface area (Å²) in [5.74, 6) is -0.779. The maximum Gasteiger partial charge on any atom is 0.336 e. The fourth-order valence-corrected chi connectivity index (χ4v) is 3.02. The van der Waals surface area contributed by atoms with Crippen LogP contribution in [0.5, 0.6) is 11.5 Å². The third-order valence-corrected chi connectivity index (χ3v) is 4.20. The monoisotopic (exact) mass is 359 g/mol. The number of halogens is 1. The van der Waals surface area contributed by atoms with Crippen molar-refractivity contribution in [2.75, 3.05) is 14.2 Å². The Hall–Kier alpha value is -2.93. The molecule has 2 aromatic rings. The van der Waals surface area contributed by atoms with Crippen molar-refractivity contribution in [1.82, 2.24) is 4.98 Å². The highest BCUT2D eigenvalue weighted by Gasteiger charge is 2.21. The SMILES string of the molecule is COOc1cc(C(=O)O)c2cc(CC3C=CC(F)=CC3)cnc2c1OC. The second-order valence-corrected chi connectivity index (χ2v) is 5.90. The number of methoxy groups -OCH3 is 1. The van der Waals surface area contributed by atoms with Crippen molar-refractivity contribution in [3.63, 3.8) is 0 Å². The summed E-state index contributed by atoms with van der Waals surface area (Å²) in [6, 6.07) is 3.12. The molecule has 136 valence electrons. The number of hydrogen-bond acceptors (Lipinski definition) is 5. The van der Waals surface area contributed by atoms with E-state index in [0.717, 1.165) is 5.56 Å². The number of aromatic carboxylic acids is 1. The van der Waals surface area contributed by atoms with E-state index < -0.39 is 5.97 Å². The molecule has 0 aliphatic heterocycles. The predicted molar refractivity (Wildman–Crippen MR) is 93.0 cm³/mol. The molecule has 0 saturated heterocycles. The van der Waals surface area contributed by atoms with E-state index in [0.29, 0.717) is 29.5 Å². The Labute approximate surface area is 149 Å². The Balaban J connectivity index is 2.05. The minimum absolute atomic E-state index is 0.0346. The van der Waals surface area contributed by atoms with Gasteiger partial charge in [-0.2, -0.15) is 4.89 Å². The number of hydrogen-bond donors (Lipinski definition) is 1. The molecule has 1 aromatic carbocycles. The van der Waals surface area contributed by atoms with Crippen molar-refractivity contribution < 1.29 is 28.8 Å². The summed E-state index contributed by atoms with van der Waals surface area (Å²) in [4.78, 5) is 25.7. The number of benzene rings is 1.